The lowest BCUT2D eigenvalue weighted by Crippen LogP contribution is -2.01. The third-order valence-electron chi connectivity index (χ3n) is 3.33. The molecule has 0 unspecified atom stereocenters. The molecule has 20 heavy (non-hydrogen) atoms. The van der Waals surface area contributed by atoms with Crippen molar-refractivity contribution in [1.82, 2.24) is 9.97 Å². The molecule has 0 aliphatic rings. The van der Waals surface area contributed by atoms with E-state index < -0.39 is 5.97 Å². The van der Waals surface area contributed by atoms with E-state index in [1.165, 1.54) is 0 Å². The fraction of sp³-hybridized carbons (Fsp3) is 0.125. The van der Waals surface area contributed by atoms with E-state index in [1.54, 1.807) is 6.07 Å². The van der Waals surface area contributed by atoms with Gasteiger partial charge in [0.1, 0.15) is 5.82 Å². The Morgan fingerprint density at radius 2 is 2.05 bits per heavy atom. The summed E-state index contributed by atoms with van der Waals surface area (Å²) in [4.78, 5) is 18.8. The average Bonchev–Trinajstić information content (AvgIpc) is 2.80. The molecule has 0 aliphatic heterocycles. The van der Waals surface area contributed by atoms with Gasteiger partial charge in [0, 0.05) is 6.42 Å². The first kappa shape index (κ1) is 12.4. The van der Waals surface area contributed by atoms with E-state index in [0.717, 1.165) is 28.0 Å². The molecule has 4 heteroatoms. The van der Waals surface area contributed by atoms with Gasteiger partial charge in [0.2, 0.25) is 0 Å². The Morgan fingerprint density at radius 1 is 1.25 bits per heavy atom. The van der Waals surface area contributed by atoms with Gasteiger partial charge in [-0.1, -0.05) is 24.3 Å². The summed E-state index contributed by atoms with van der Waals surface area (Å²) in [6.45, 7) is 1.81. The topological polar surface area (TPSA) is 66.0 Å². The van der Waals surface area contributed by atoms with Crippen molar-refractivity contribution >= 4 is 17.0 Å². The van der Waals surface area contributed by atoms with Crippen molar-refractivity contribution in [2.75, 3.05) is 0 Å². The summed E-state index contributed by atoms with van der Waals surface area (Å²) >= 11 is 0. The molecular formula is C16H14N2O2. The molecule has 0 saturated heterocycles. The number of hydrogen-bond acceptors (Lipinski definition) is 2. The molecule has 0 bridgehead atoms. The lowest BCUT2D eigenvalue weighted by Gasteiger charge is -2.04. The van der Waals surface area contributed by atoms with Crippen LogP contribution < -0.4 is 0 Å². The van der Waals surface area contributed by atoms with Crippen molar-refractivity contribution in [2.24, 2.45) is 0 Å². The highest BCUT2D eigenvalue weighted by molar-refractivity contribution is 5.89. The molecule has 0 spiro atoms. The number of nitrogens with zero attached hydrogens (tertiary/aromatic N) is 1. The molecule has 2 aromatic carbocycles. The van der Waals surface area contributed by atoms with Crippen molar-refractivity contribution in [3.63, 3.8) is 0 Å². The Bertz CT molecular complexity index is 757. The number of aromatic amines is 1. The standard InChI is InChI=1S/C16H14N2O2/c1-10-8-11(6-7-12(10)16(19)20)9-15-17-13-4-2-3-5-14(13)18-15/h2-8H,9H2,1H3,(H,17,18)(H,19,20). The van der Waals surface area contributed by atoms with Crippen LogP contribution in [0.2, 0.25) is 0 Å². The summed E-state index contributed by atoms with van der Waals surface area (Å²) in [5.41, 5.74) is 4.12. The van der Waals surface area contributed by atoms with Gasteiger partial charge in [-0.2, -0.15) is 0 Å². The lowest BCUT2D eigenvalue weighted by atomic mass is 10.0. The molecule has 4 nitrogen and oxygen atoms in total. The second-order valence-corrected chi connectivity index (χ2v) is 4.83. The van der Waals surface area contributed by atoms with Crippen LogP contribution in [-0.4, -0.2) is 21.0 Å². The van der Waals surface area contributed by atoms with E-state index in [0.29, 0.717) is 12.0 Å². The van der Waals surface area contributed by atoms with Gasteiger partial charge in [-0.15, -0.1) is 0 Å². The van der Waals surface area contributed by atoms with E-state index in [-0.39, 0.29) is 0 Å². The van der Waals surface area contributed by atoms with E-state index in [9.17, 15) is 4.79 Å². The second-order valence-electron chi connectivity index (χ2n) is 4.83. The number of carboxylic acid groups (broad SMARTS) is 1. The number of H-pyrrole nitrogens is 1. The molecule has 1 heterocycles. The predicted octanol–water partition coefficient (Wildman–Crippen LogP) is 3.16. The molecule has 3 aromatic rings. The third-order valence-corrected chi connectivity index (χ3v) is 3.33. The molecule has 2 N–H and O–H groups in total. The number of hydrogen-bond donors (Lipinski definition) is 2. The van der Waals surface area contributed by atoms with Gasteiger partial charge in [0.05, 0.1) is 16.6 Å². The number of aryl methyl sites for hydroxylation is 1. The van der Waals surface area contributed by atoms with Crippen LogP contribution in [0.3, 0.4) is 0 Å². The molecule has 0 fully saturated rings. The molecule has 0 amide bonds. The zero-order valence-electron chi connectivity index (χ0n) is 11.1. The number of rotatable bonds is 3. The Labute approximate surface area is 116 Å². The zero-order valence-corrected chi connectivity index (χ0v) is 11.1. The number of nitrogens with one attached hydrogen (secondary N) is 1. The van der Waals surface area contributed by atoms with Crippen LogP contribution >= 0.6 is 0 Å². The predicted molar refractivity (Wildman–Crippen MR) is 77.0 cm³/mol. The van der Waals surface area contributed by atoms with Crippen molar-refractivity contribution in [3.05, 3.63) is 65.0 Å². The van der Waals surface area contributed by atoms with Crippen molar-refractivity contribution in [1.29, 1.82) is 0 Å². The summed E-state index contributed by atoms with van der Waals surface area (Å²) in [6, 6.07) is 13.3. The highest BCUT2D eigenvalue weighted by Gasteiger charge is 2.08. The summed E-state index contributed by atoms with van der Waals surface area (Å²) in [5, 5.41) is 9.02. The minimum absolute atomic E-state index is 0.346. The first-order valence-corrected chi connectivity index (χ1v) is 6.40. The highest BCUT2D eigenvalue weighted by atomic mass is 16.4. The van der Waals surface area contributed by atoms with E-state index in [2.05, 4.69) is 9.97 Å². The molecule has 100 valence electrons. The largest absolute Gasteiger partial charge is 0.478 e. The van der Waals surface area contributed by atoms with Crippen LogP contribution in [0.5, 0.6) is 0 Å². The Kier molecular flexibility index (Phi) is 2.99. The van der Waals surface area contributed by atoms with Gasteiger partial charge < -0.3 is 10.1 Å². The van der Waals surface area contributed by atoms with Crippen LogP contribution in [0.15, 0.2) is 42.5 Å². The quantitative estimate of drug-likeness (QED) is 0.765. The van der Waals surface area contributed by atoms with Crippen LogP contribution in [0.25, 0.3) is 11.0 Å². The molecule has 1 aromatic heterocycles. The normalized spacial score (nSPS) is 10.8. The van der Waals surface area contributed by atoms with Crippen LogP contribution in [0.4, 0.5) is 0 Å². The van der Waals surface area contributed by atoms with Crippen LogP contribution in [0, 0.1) is 6.92 Å². The smallest absolute Gasteiger partial charge is 0.335 e. The number of para-hydroxylation sites is 2. The Hall–Kier alpha value is -2.62. The monoisotopic (exact) mass is 266 g/mol. The summed E-state index contributed by atoms with van der Waals surface area (Å²) < 4.78 is 0. The minimum Gasteiger partial charge on any atom is -0.478 e. The third kappa shape index (κ3) is 2.28. The zero-order chi connectivity index (χ0) is 14.1. The van der Waals surface area contributed by atoms with Crippen molar-refractivity contribution in [2.45, 2.75) is 13.3 Å². The summed E-state index contributed by atoms with van der Waals surface area (Å²) in [7, 11) is 0. The van der Waals surface area contributed by atoms with Crippen molar-refractivity contribution in [3.8, 4) is 0 Å². The molecular weight excluding hydrogens is 252 g/mol. The van der Waals surface area contributed by atoms with Gasteiger partial charge in [0.15, 0.2) is 0 Å². The Balaban J connectivity index is 1.90. The molecule has 0 radical (unpaired) electrons. The molecule has 0 saturated carbocycles. The fourth-order valence-corrected chi connectivity index (χ4v) is 2.36. The highest BCUT2D eigenvalue weighted by Crippen LogP contribution is 2.16. The molecule has 0 atom stereocenters. The summed E-state index contributed by atoms with van der Waals surface area (Å²) in [5.74, 6) is -0.00791. The SMILES string of the molecule is Cc1cc(Cc2nc3ccccc3[nH]2)ccc1C(=O)O. The number of aromatic carboxylic acids is 1. The number of fused-ring (bicyclic) bond motifs is 1. The molecule has 3 rings (SSSR count). The van der Waals surface area contributed by atoms with Crippen molar-refractivity contribution < 1.29 is 9.90 Å². The maximum absolute atomic E-state index is 11.0. The van der Waals surface area contributed by atoms with Gasteiger partial charge >= 0.3 is 5.97 Å². The minimum atomic E-state index is -0.891. The second kappa shape index (κ2) is 4.81. The van der Waals surface area contributed by atoms with Crippen LogP contribution in [-0.2, 0) is 6.42 Å². The number of imidazole rings is 1. The first-order valence-electron chi connectivity index (χ1n) is 6.40. The average molecular weight is 266 g/mol. The number of carbonyl (C=O) groups is 1. The maximum Gasteiger partial charge on any atom is 0.335 e. The van der Waals surface area contributed by atoms with Gasteiger partial charge in [0.25, 0.3) is 0 Å². The first-order chi connectivity index (χ1) is 9.63. The van der Waals surface area contributed by atoms with Crippen LogP contribution in [0.1, 0.15) is 27.3 Å². The maximum atomic E-state index is 11.0. The van der Waals surface area contributed by atoms with Gasteiger partial charge in [-0.05, 0) is 36.2 Å². The molecule has 0 aliphatic carbocycles. The number of carboxylic acids is 1. The number of benzene rings is 2. The summed E-state index contributed by atoms with van der Waals surface area (Å²) in [6.07, 6.45) is 0.662. The van der Waals surface area contributed by atoms with E-state index in [1.807, 2.05) is 43.3 Å². The Morgan fingerprint density at radius 3 is 2.75 bits per heavy atom. The fourth-order valence-electron chi connectivity index (χ4n) is 2.36. The van der Waals surface area contributed by atoms with Gasteiger partial charge in [-0.3, -0.25) is 0 Å². The lowest BCUT2D eigenvalue weighted by molar-refractivity contribution is 0.0696. The van der Waals surface area contributed by atoms with Gasteiger partial charge in [-0.25, -0.2) is 9.78 Å². The number of aromatic nitrogens is 2. The van der Waals surface area contributed by atoms with E-state index in [4.69, 9.17) is 5.11 Å². The van der Waals surface area contributed by atoms with E-state index >= 15 is 0 Å².